The van der Waals surface area contributed by atoms with Gasteiger partial charge >= 0.3 is 0 Å². The Morgan fingerprint density at radius 2 is 2.25 bits per heavy atom. The third-order valence-electron chi connectivity index (χ3n) is 2.45. The molecule has 0 amide bonds. The van der Waals surface area contributed by atoms with Crippen LogP contribution in [0.2, 0.25) is 0 Å². The van der Waals surface area contributed by atoms with Crippen LogP contribution < -0.4 is 5.32 Å². The van der Waals surface area contributed by atoms with Crippen LogP contribution in [0.15, 0.2) is 0 Å². The summed E-state index contributed by atoms with van der Waals surface area (Å²) >= 11 is 0. The number of hydrogen-bond donors (Lipinski definition) is 1. The van der Waals surface area contributed by atoms with E-state index < -0.39 is 0 Å². The Kier molecular flexibility index (Phi) is 3.53. The Bertz CT molecular complexity index is 134. The van der Waals surface area contributed by atoms with Crippen molar-refractivity contribution in [1.82, 2.24) is 5.32 Å². The second kappa shape index (κ2) is 4.24. The molecular weight excluding hydrogens is 150 g/mol. The molecule has 0 aromatic carbocycles. The summed E-state index contributed by atoms with van der Waals surface area (Å²) in [6.07, 6.45) is 4.11. The first kappa shape index (κ1) is 10.0. The Morgan fingerprint density at radius 3 is 2.75 bits per heavy atom. The normalized spacial score (nSPS) is 27.8. The van der Waals surface area contributed by atoms with Gasteiger partial charge in [0.1, 0.15) is 0 Å². The number of rotatable bonds is 4. The summed E-state index contributed by atoms with van der Waals surface area (Å²) in [5.74, 6) is 0. The lowest BCUT2D eigenvalue weighted by molar-refractivity contribution is -0.0178. The molecule has 2 heteroatoms. The average molecular weight is 171 g/mol. The SMILES string of the molecule is CCNCCC1CCC(C)(C)O1. The molecule has 72 valence electrons. The van der Waals surface area contributed by atoms with Crippen LogP contribution in [0.25, 0.3) is 0 Å². The van der Waals surface area contributed by atoms with Crippen molar-refractivity contribution in [3.8, 4) is 0 Å². The maximum Gasteiger partial charge on any atom is 0.0631 e. The lowest BCUT2D eigenvalue weighted by Crippen LogP contribution is -2.23. The predicted molar refractivity (Wildman–Crippen MR) is 51.3 cm³/mol. The molecule has 12 heavy (non-hydrogen) atoms. The Hall–Kier alpha value is -0.0800. The van der Waals surface area contributed by atoms with Crippen molar-refractivity contribution in [3.05, 3.63) is 0 Å². The van der Waals surface area contributed by atoms with Gasteiger partial charge in [-0.1, -0.05) is 6.92 Å². The second-order valence-electron chi connectivity index (χ2n) is 4.18. The largest absolute Gasteiger partial charge is 0.372 e. The van der Waals surface area contributed by atoms with Gasteiger partial charge in [0.15, 0.2) is 0 Å². The van der Waals surface area contributed by atoms with E-state index in [0.29, 0.717) is 6.10 Å². The Balaban J connectivity index is 2.11. The summed E-state index contributed by atoms with van der Waals surface area (Å²) in [4.78, 5) is 0. The van der Waals surface area contributed by atoms with Gasteiger partial charge in [-0.3, -0.25) is 0 Å². The van der Waals surface area contributed by atoms with Crippen molar-refractivity contribution in [2.24, 2.45) is 0 Å². The number of nitrogens with one attached hydrogen (secondary N) is 1. The van der Waals surface area contributed by atoms with E-state index in [-0.39, 0.29) is 5.60 Å². The van der Waals surface area contributed by atoms with Crippen LogP contribution in [-0.2, 0) is 4.74 Å². The lowest BCUT2D eigenvalue weighted by atomic mass is 10.0. The highest BCUT2D eigenvalue weighted by atomic mass is 16.5. The van der Waals surface area contributed by atoms with Crippen LogP contribution in [0.5, 0.6) is 0 Å². The van der Waals surface area contributed by atoms with Gasteiger partial charge in [0.2, 0.25) is 0 Å². The summed E-state index contributed by atoms with van der Waals surface area (Å²) in [5.41, 5.74) is 0.136. The fraction of sp³-hybridized carbons (Fsp3) is 1.00. The molecule has 0 saturated carbocycles. The maximum atomic E-state index is 5.86. The zero-order valence-electron chi connectivity index (χ0n) is 8.52. The van der Waals surface area contributed by atoms with Crippen LogP contribution in [0.3, 0.4) is 0 Å². The summed E-state index contributed by atoms with van der Waals surface area (Å²) in [6.45, 7) is 8.66. The highest BCUT2D eigenvalue weighted by molar-refractivity contribution is 4.80. The zero-order chi connectivity index (χ0) is 9.03. The smallest absolute Gasteiger partial charge is 0.0631 e. The molecule has 1 saturated heterocycles. The lowest BCUT2D eigenvalue weighted by Gasteiger charge is -2.19. The van der Waals surface area contributed by atoms with E-state index in [9.17, 15) is 0 Å². The van der Waals surface area contributed by atoms with Crippen LogP contribution in [0.4, 0.5) is 0 Å². The summed E-state index contributed by atoms with van der Waals surface area (Å²) in [7, 11) is 0. The quantitative estimate of drug-likeness (QED) is 0.653. The highest BCUT2D eigenvalue weighted by Crippen LogP contribution is 2.30. The minimum Gasteiger partial charge on any atom is -0.372 e. The monoisotopic (exact) mass is 171 g/mol. The van der Waals surface area contributed by atoms with Crippen molar-refractivity contribution < 1.29 is 4.74 Å². The summed E-state index contributed by atoms with van der Waals surface area (Å²) in [5, 5.41) is 3.32. The van der Waals surface area contributed by atoms with Gasteiger partial charge in [0.25, 0.3) is 0 Å². The molecule has 0 aromatic heterocycles. The van der Waals surface area contributed by atoms with Crippen LogP contribution in [0.1, 0.15) is 40.0 Å². The third kappa shape index (κ3) is 3.11. The van der Waals surface area contributed by atoms with Gasteiger partial charge in [-0.05, 0) is 46.2 Å². The maximum absolute atomic E-state index is 5.86. The minimum atomic E-state index is 0.136. The van der Waals surface area contributed by atoms with Gasteiger partial charge in [-0.15, -0.1) is 0 Å². The van der Waals surface area contributed by atoms with Crippen molar-refractivity contribution in [3.63, 3.8) is 0 Å². The van der Waals surface area contributed by atoms with Crippen molar-refractivity contribution in [1.29, 1.82) is 0 Å². The number of ether oxygens (including phenoxy) is 1. The predicted octanol–water partition coefficient (Wildman–Crippen LogP) is 1.94. The van der Waals surface area contributed by atoms with E-state index in [1.807, 2.05) is 0 Å². The first-order valence-electron chi connectivity index (χ1n) is 5.02. The molecule has 1 N–H and O–H groups in total. The Labute approximate surface area is 75.7 Å². The van der Waals surface area contributed by atoms with E-state index >= 15 is 0 Å². The fourth-order valence-corrected chi connectivity index (χ4v) is 1.72. The number of hydrogen-bond acceptors (Lipinski definition) is 2. The first-order chi connectivity index (χ1) is 5.64. The molecule has 1 fully saturated rings. The van der Waals surface area contributed by atoms with Crippen LogP contribution in [-0.4, -0.2) is 24.8 Å². The molecule has 1 unspecified atom stereocenters. The standard InChI is InChI=1S/C10H21NO/c1-4-11-8-6-9-5-7-10(2,3)12-9/h9,11H,4-8H2,1-3H3. The molecule has 1 heterocycles. The van der Waals surface area contributed by atoms with Crippen molar-refractivity contribution in [2.75, 3.05) is 13.1 Å². The van der Waals surface area contributed by atoms with Crippen molar-refractivity contribution in [2.45, 2.75) is 51.7 Å². The van der Waals surface area contributed by atoms with E-state index in [2.05, 4.69) is 26.1 Å². The van der Waals surface area contributed by atoms with Gasteiger partial charge in [0.05, 0.1) is 11.7 Å². The van der Waals surface area contributed by atoms with E-state index in [4.69, 9.17) is 4.74 Å². The third-order valence-corrected chi connectivity index (χ3v) is 2.45. The highest BCUT2D eigenvalue weighted by Gasteiger charge is 2.30. The van der Waals surface area contributed by atoms with E-state index in [1.165, 1.54) is 12.8 Å². The molecule has 0 radical (unpaired) electrons. The fourth-order valence-electron chi connectivity index (χ4n) is 1.72. The molecule has 0 aromatic rings. The molecule has 1 atom stereocenters. The van der Waals surface area contributed by atoms with Gasteiger partial charge in [0, 0.05) is 0 Å². The molecule has 1 aliphatic heterocycles. The second-order valence-corrected chi connectivity index (χ2v) is 4.18. The van der Waals surface area contributed by atoms with Crippen molar-refractivity contribution >= 4 is 0 Å². The molecule has 0 aliphatic carbocycles. The van der Waals surface area contributed by atoms with E-state index in [0.717, 1.165) is 19.5 Å². The van der Waals surface area contributed by atoms with E-state index in [1.54, 1.807) is 0 Å². The van der Waals surface area contributed by atoms with Crippen LogP contribution in [0, 0.1) is 0 Å². The summed E-state index contributed by atoms with van der Waals surface area (Å²) < 4.78 is 5.86. The molecule has 1 rings (SSSR count). The zero-order valence-corrected chi connectivity index (χ0v) is 8.52. The van der Waals surface area contributed by atoms with Crippen LogP contribution >= 0.6 is 0 Å². The topological polar surface area (TPSA) is 21.3 Å². The molecule has 2 nitrogen and oxygen atoms in total. The molecule has 0 spiro atoms. The minimum absolute atomic E-state index is 0.136. The molecule has 1 aliphatic rings. The Morgan fingerprint density at radius 1 is 1.50 bits per heavy atom. The first-order valence-corrected chi connectivity index (χ1v) is 5.02. The van der Waals surface area contributed by atoms with Gasteiger partial charge in [-0.25, -0.2) is 0 Å². The molecule has 0 bridgehead atoms. The summed E-state index contributed by atoms with van der Waals surface area (Å²) in [6, 6.07) is 0. The molecular formula is C10H21NO. The van der Waals surface area contributed by atoms with Gasteiger partial charge < -0.3 is 10.1 Å². The van der Waals surface area contributed by atoms with Gasteiger partial charge in [-0.2, -0.15) is 0 Å². The average Bonchev–Trinajstić information content (AvgIpc) is 2.31.